The first-order valence-corrected chi connectivity index (χ1v) is 8.01. The van der Waals surface area contributed by atoms with Gasteiger partial charge in [-0.05, 0) is 61.2 Å². The maximum atomic E-state index is 5.22. The van der Waals surface area contributed by atoms with Crippen molar-refractivity contribution in [1.29, 1.82) is 0 Å². The average molecular weight is 348 g/mol. The normalized spacial score (nSPS) is 12.0. The van der Waals surface area contributed by atoms with E-state index >= 15 is 0 Å². The molecule has 2 aromatic rings. The van der Waals surface area contributed by atoms with E-state index in [4.69, 9.17) is 4.74 Å². The highest BCUT2D eigenvalue weighted by molar-refractivity contribution is 9.10. The molecule has 3 heteroatoms. The number of halogens is 1. The van der Waals surface area contributed by atoms with Crippen LogP contribution < -0.4 is 10.1 Å². The molecule has 0 aliphatic carbocycles. The Kier molecular flexibility index (Phi) is 5.29. The smallest absolute Gasteiger partial charge is 0.118 e. The molecule has 0 aromatic heterocycles. The average Bonchev–Trinajstić information content (AvgIpc) is 2.50. The zero-order valence-electron chi connectivity index (χ0n) is 13.0. The van der Waals surface area contributed by atoms with E-state index in [0.29, 0.717) is 6.04 Å². The van der Waals surface area contributed by atoms with Crippen molar-refractivity contribution in [2.45, 2.75) is 33.2 Å². The van der Waals surface area contributed by atoms with Gasteiger partial charge in [-0.2, -0.15) is 0 Å². The fourth-order valence-corrected chi connectivity index (χ4v) is 2.72. The first kappa shape index (κ1) is 15.9. The molecule has 0 amide bonds. The lowest BCUT2D eigenvalue weighted by atomic mass is 10.0. The first-order chi connectivity index (χ1) is 10.0. The maximum absolute atomic E-state index is 5.22. The summed E-state index contributed by atoms with van der Waals surface area (Å²) in [4.78, 5) is 0. The summed E-state index contributed by atoms with van der Waals surface area (Å²) in [5.41, 5.74) is 4.94. The monoisotopic (exact) mass is 347 g/mol. The molecule has 0 saturated carbocycles. The van der Waals surface area contributed by atoms with Gasteiger partial charge in [0.25, 0.3) is 0 Å². The third-order valence-electron chi connectivity index (χ3n) is 3.70. The fraction of sp³-hybridized carbons (Fsp3) is 0.333. The van der Waals surface area contributed by atoms with Crippen LogP contribution in [0.1, 0.15) is 36.1 Å². The molecular formula is C18H22BrNO. The van der Waals surface area contributed by atoms with Crippen molar-refractivity contribution in [3.63, 3.8) is 0 Å². The van der Waals surface area contributed by atoms with Gasteiger partial charge >= 0.3 is 0 Å². The van der Waals surface area contributed by atoms with Crippen molar-refractivity contribution < 1.29 is 4.74 Å². The molecule has 0 aliphatic heterocycles. The summed E-state index contributed by atoms with van der Waals surface area (Å²) in [6.07, 6.45) is 1.03. The molecule has 2 rings (SSSR count). The number of anilines is 1. The Morgan fingerprint density at radius 3 is 2.14 bits per heavy atom. The van der Waals surface area contributed by atoms with Gasteiger partial charge in [0, 0.05) is 10.2 Å². The van der Waals surface area contributed by atoms with E-state index in [0.717, 1.165) is 17.9 Å². The number of hydrogen-bond acceptors (Lipinski definition) is 2. The van der Waals surface area contributed by atoms with E-state index in [-0.39, 0.29) is 0 Å². The molecule has 1 unspecified atom stereocenters. The van der Waals surface area contributed by atoms with E-state index in [1.807, 2.05) is 12.1 Å². The molecular weight excluding hydrogens is 326 g/mol. The van der Waals surface area contributed by atoms with Gasteiger partial charge in [0.1, 0.15) is 5.75 Å². The number of aryl methyl sites for hydroxylation is 2. The number of rotatable bonds is 5. The van der Waals surface area contributed by atoms with Crippen LogP contribution in [0.25, 0.3) is 0 Å². The van der Waals surface area contributed by atoms with Crippen molar-refractivity contribution in [2.75, 3.05) is 12.4 Å². The Bertz CT molecular complexity index is 584. The molecule has 1 atom stereocenters. The molecule has 2 nitrogen and oxygen atoms in total. The molecule has 0 fully saturated rings. The van der Waals surface area contributed by atoms with Crippen LogP contribution in [0.3, 0.4) is 0 Å². The third kappa shape index (κ3) is 3.79. The zero-order chi connectivity index (χ0) is 15.4. The maximum Gasteiger partial charge on any atom is 0.118 e. The lowest BCUT2D eigenvalue weighted by molar-refractivity contribution is 0.414. The van der Waals surface area contributed by atoms with E-state index in [2.05, 4.69) is 66.3 Å². The number of nitrogens with one attached hydrogen (secondary N) is 1. The number of hydrogen-bond donors (Lipinski definition) is 1. The van der Waals surface area contributed by atoms with Crippen molar-refractivity contribution in [3.05, 3.63) is 57.6 Å². The minimum absolute atomic E-state index is 0.302. The second kappa shape index (κ2) is 6.99. The number of methoxy groups -OCH3 is 1. The van der Waals surface area contributed by atoms with Gasteiger partial charge in [-0.25, -0.2) is 0 Å². The molecule has 2 aromatic carbocycles. The van der Waals surface area contributed by atoms with E-state index < -0.39 is 0 Å². The molecule has 1 N–H and O–H groups in total. The molecule has 0 saturated heterocycles. The van der Waals surface area contributed by atoms with Crippen LogP contribution in [-0.2, 0) is 0 Å². The Morgan fingerprint density at radius 2 is 1.67 bits per heavy atom. The van der Waals surface area contributed by atoms with Gasteiger partial charge in [0.2, 0.25) is 0 Å². The summed E-state index contributed by atoms with van der Waals surface area (Å²) in [6, 6.07) is 12.9. The van der Waals surface area contributed by atoms with Gasteiger partial charge < -0.3 is 10.1 Å². The molecule has 21 heavy (non-hydrogen) atoms. The Hall–Kier alpha value is -1.48. The van der Waals surface area contributed by atoms with Crippen molar-refractivity contribution in [3.8, 4) is 5.75 Å². The highest BCUT2D eigenvalue weighted by Gasteiger charge is 2.11. The van der Waals surface area contributed by atoms with Gasteiger partial charge in [-0.15, -0.1) is 0 Å². The summed E-state index contributed by atoms with van der Waals surface area (Å²) < 4.78 is 6.41. The minimum atomic E-state index is 0.302. The van der Waals surface area contributed by atoms with E-state index in [1.54, 1.807) is 7.11 Å². The summed E-state index contributed by atoms with van der Waals surface area (Å²) in [7, 11) is 1.69. The Labute approximate surface area is 135 Å². The zero-order valence-corrected chi connectivity index (χ0v) is 14.6. The summed E-state index contributed by atoms with van der Waals surface area (Å²) in [5, 5.41) is 3.63. The standard InChI is InChI=1S/C18H22BrNO/c1-5-17(14-6-8-16(21-4)9-7-14)20-15-10-12(2)18(19)13(3)11-15/h6-11,17,20H,5H2,1-4H3. The van der Waals surface area contributed by atoms with Crippen LogP contribution in [0.15, 0.2) is 40.9 Å². The minimum Gasteiger partial charge on any atom is -0.497 e. The van der Waals surface area contributed by atoms with Gasteiger partial charge in [0.05, 0.1) is 13.2 Å². The van der Waals surface area contributed by atoms with Gasteiger partial charge in [-0.3, -0.25) is 0 Å². The fourth-order valence-electron chi connectivity index (χ4n) is 2.49. The largest absolute Gasteiger partial charge is 0.497 e. The van der Waals surface area contributed by atoms with Crippen LogP contribution in [-0.4, -0.2) is 7.11 Å². The van der Waals surface area contributed by atoms with Crippen LogP contribution in [0.5, 0.6) is 5.75 Å². The van der Waals surface area contributed by atoms with Crippen LogP contribution in [0.2, 0.25) is 0 Å². The summed E-state index contributed by atoms with van der Waals surface area (Å²) >= 11 is 3.62. The SMILES string of the molecule is CCC(Nc1cc(C)c(Br)c(C)c1)c1ccc(OC)cc1. The second-order valence-corrected chi connectivity index (χ2v) is 6.10. The predicted molar refractivity (Wildman–Crippen MR) is 93.3 cm³/mol. The highest BCUT2D eigenvalue weighted by Crippen LogP contribution is 2.29. The predicted octanol–water partition coefficient (Wildman–Crippen LogP) is 5.64. The Morgan fingerprint density at radius 1 is 1.10 bits per heavy atom. The number of ether oxygens (including phenoxy) is 1. The Balaban J connectivity index is 2.22. The molecule has 0 heterocycles. The van der Waals surface area contributed by atoms with Crippen LogP contribution in [0.4, 0.5) is 5.69 Å². The van der Waals surface area contributed by atoms with Crippen molar-refractivity contribution in [2.24, 2.45) is 0 Å². The summed E-state index contributed by atoms with van der Waals surface area (Å²) in [5.74, 6) is 0.893. The van der Waals surface area contributed by atoms with Crippen LogP contribution in [0, 0.1) is 13.8 Å². The number of benzene rings is 2. The van der Waals surface area contributed by atoms with Crippen molar-refractivity contribution >= 4 is 21.6 Å². The highest BCUT2D eigenvalue weighted by atomic mass is 79.9. The topological polar surface area (TPSA) is 21.3 Å². The summed E-state index contributed by atoms with van der Waals surface area (Å²) in [6.45, 7) is 6.44. The molecule has 112 valence electrons. The molecule has 0 aliphatic rings. The van der Waals surface area contributed by atoms with E-state index in [1.165, 1.54) is 21.2 Å². The lowest BCUT2D eigenvalue weighted by Gasteiger charge is -2.20. The van der Waals surface area contributed by atoms with Gasteiger partial charge in [-0.1, -0.05) is 35.0 Å². The molecule has 0 radical (unpaired) electrons. The third-order valence-corrected chi connectivity index (χ3v) is 4.95. The lowest BCUT2D eigenvalue weighted by Crippen LogP contribution is -2.10. The van der Waals surface area contributed by atoms with E-state index in [9.17, 15) is 0 Å². The second-order valence-electron chi connectivity index (χ2n) is 5.30. The van der Waals surface area contributed by atoms with Crippen molar-refractivity contribution in [1.82, 2.24) is 0 Å². The van der Waals surface area contributed by atoms with Crippen LogP contribution >= 0.6 is 15.9 Å². The first-order valence-electron chi connectivity index (χ1n) is 7.22. The molecule has 0 bridgehead atoms. The quantitative estimate of drug-likeness (QED) is 0.755. The molecule has 0 spiro atoms. The van der Waals surface area contributed by atoms with Gasteiger partial charge in [0.15, 0.2) is 0 Å².